The quantitative estimate of drug-likeness (QED) is 0.824. The highest BCUT2D eigenvalue weighted by atomic mass is 79.9. The predicted octanol–water partition coefficient (Wildman–Crippen LogP) is 4.11. The van der Waals surface area contributed by atoms with Crippen molar-refractivity contribution < 1.29 is 17.6 Å². The predicted molar refractivity (Wildman–Crippen MR) is 67.2 cm³/mol. The van der Waals surface area contributed by atoms with Crippen LogP contribution in [0.15, 0.2) is 28.9 Å². The largest absolute Gasteiger partial charge is 0.443 e. The van der Waals surface area contributed by atoms with Gasteiger partial charge in [-0.3, -0.25) is 0 Å². The van der Waals surface area contributed by atoms with Gasteiger partial charge in [0.25, 0.3) is 0 Å². The monoisotopic (exact) mass is 354 g/mol. The maximum atomic E-state index is 13.4. The number of aromatic nitrogens is 1. The maximum Gasteiger partial charge on any atom is 0.443 e. The molecule has 0 bridgehead atoms. The molecular formula is C11H7BrF4N2S. The molecule has 0 spiro atoms. The number of rotatable bonds is 2. The highest BCUT2D eigenvalue weighted by Crippen LogP contribution is 2.36. The smallest absolute Gasteiger partial charge is 0.320 e. The number of benzene rings is 1. The summed E-state index contributed by atoms with van der Waals surface area (Å²) in [4.78, 5) is 3.51. The van der Waals surface area contributed by atoms with Crippen LogP contribution >= 0.6 is 27.3 Å². The van der Waals surface area contributed by atoms with Crippen molar-refractivity contribution in [1.82, 2.24) is 4.98 Å². The Bertz CT molecular complexity index is 597. The van der Waals surface area contributed by atoms with E-state index in [0.29, 0.717) is 16.9 Å². The number of thiazole rings is 1. The molecule has 2 N–H and O–H groups in total. The summed E-state index contributed by atoms with van der Waals surface area (Å²) in [7, 11) is 0. The molecule has 1 aromatic heterocycles. The Morgan fingerprint density at radius 1 is 1.32 bits per heavy atom. The number of halogens is 5. The lowest BCUT2D eigenvalue weighted by atomic mass is 10.1. The van der Waals surface area contributed by atoms with E-state index in [1.807, 2.05) is 0 Å². The van der Waals surface area contributed by atoms with Gasteiger partial charge in [0.15, 0.2) is 5.01 Å². The number of alkyl halides is 3. The minimum absolute atomic E-state index is 0.143. The highest BCUT2D eigenvalue weighted by Gasteiger charge is 2.35. The van der Waals surface area contributed by atoms with Gasteiger partial charge in [-0.05, 0) is 27.6 Å². The van der Waals surface area contributed by atoms with Gasteiger partial charge in [0.05, 0.1) is 10.5 Å². The molecule has 0 aliphatic carbocycles. The van der Waals surface area contributed by atoms with Gasteiger partial charge in [0.2, 0.25) is 0 Å². The van der Waals surface area contributed by atoms with E-state index >= 15 is 0 Å². The fourth-order valence-electron chi connectivity index (χ4n) is 1.48. The minimum Gasteiger partial charge on any atom is -0.320 e. The lowest BCUT2D eigenvalue weighted by molar-refractivity contribution is -0.137. The third-order valence-corrected chi connectivity index (χ3v) is 4.35. The Morgan fingerprint density at radius 3 is 2.58 bits per heavy atom. The molecule has 102 valence electrons. The van der Waals surface area contributed by atoms with E-state index in [1.54, 1.807) is 6.07 Å². The molecule has 0 aliphatic heterocycles. The molecule has 1 unspecified atom stereocenters. The van der Waals surface area contributed by atoms with Gasteiger partial charge in [0.1, 0.15) is 5.82 Å². The first kappa shape index (κ1) is 14.4. The molecule has 0 fully saturated rings. The van der Waals surface area contributed by atoms with Crippen molar-refractivity contribution in [3.63, 3.8) is 0 Å². The first-order valence-corrected chi connectivity index (χ1v) is 6.64. The first-order chi connectivity index (χ1) is 8.80. The van der Waals surface area contributed by atoms with E-state index in [2.05, 4.69) is 20.9 Å². The summed E-state index contributed by atoms with van der Waals surface area (Å²) in [6.07, 6.45) is -3.43. The van der Waals surface area contributed by atoms with Gasteiger partial charge in [-0.25, -0.2) is 9.37 Å². The summed E-state index contributed by atoms with van der Waals surface area (Å²) >= 11 is 3.48. The second kappa shape index (κ2) is 5.18. The van der Waals surface area contributed by atoms with Crippen molar-refractivity contribution in [2.75, 3.05) is 0 Å². The molecule has 19 heavy (non-hydrogen) atoms. The Kier molecular flexibility index (Phi) is 3.93. The van der Waals surface area contributed by atoms with Crippen molar-refractivity contribution in [2.45, 2.75) is 12.2 Å². The van der Waals surface area contributed by atoms with Crippen molar-refractivity contribution >= 4 is 27.3 Å². The summed E-state index contributed by atoms with van der Waals surface area (Å²) in [6.45, 7) is 0. The van der Waals surface area contributed by atoms with Gasteiger partial charge < -0.3 is 5.73 Å². The molecule has 0 amide bonds. The van der Waals surface area contributed by atoms with Crippen molar-refractivity contribution in [1.29, 1.82) is 0 Å². The van der Waals surface area contributed by atoms with E-state index in [4.69, 9.17) is 5.73 Å². The molecule has 1 heterocycles. The molecular weight excluding hydrogens is 348 g/mol. The van der Waals surface area contributed by atoms with Crippen LogP contribution in [-0.2, 0) is 6.18 Å². The normalized spacial score (nSPS) is 13.6. The van der Waals surface area contributed by atoms with Crippen LogP contribution in [0.2, 0.25) is 0 Å². The van der Waals surface area contributed by atoms with E-state index in [-0.39, 0.29) is 9.35 Å². The average molecular weight is 355 g/mol. The highest BCUT2D eigenvalue weighted by molar-refractivity contribution is 9.10. The average Bonchev–Trinajstić information content (AvgIpc) is 2.81. The third kappa shape index (κ3) is 2.96. The van der Waals surface area contributed by atoms with Crippen LogP contribution < -0.4 is 5.73 Å². The summed E-state index contributed by atoms with van der Waals surface area (Å²) in [5.74, 6) is -0.520. The van der Waals surface area contributed by atoms with E-state index in [0.717, 1.165) is 6.20 Å². The molecule has 1 aromatic carbocycles. The van der Waals surface area contributed by atoms with Crippen LogP contribution in [-0.4, -0.2) is 4.98 Å². The van der Waals surface area contributed by atoms with Crippen molar-refractivity contribution in [3.8, 4) is 0 Å². The van der Waals surface area contributed by atoms with Crippen LogP contribution in [0, 0.1) is 5.82 Å². The standard InChI is InChI=1S/C11H7BrF4N2S/c12-8-5(2-1-3-6(8)13)9(17)7-4-18-10(19-7)11(14,15)16/h1-4,9H,17H2. The lowest BCUT2D eigenvalue weighted by Gasteiger charge is -2.12. The molecule has 1 atom stereocenters. The number of nitrogens with zero attached hydrogens (tertiary/aromatic N) is 1. The van der Waals surface area contributed by atoms with E-state index < -0.39 is 23.0 Å². The van der Waals surface area contributed by atoms with Crippen molar-refractivity contribution in [2.24, 2.45) is 5.73 Å². The molecule has 8 heteroatoms. The fourth-order valence-corrected chi connectivity index (χ4v) is 2.79. The van der Waals surface area contributed by atoms with Gasteiger partial charge in [0, 0.05) is 11.1 Å². The number of hydrogen-bond donors (Lipinski definition) is 1. The number of hydrogen-bond acceptors (Lipinski definition) is 3. The molecule has 0 aliphatic rings. The van der Waals surface area contributed by atoms with Crippen LogP contribution in [0.5, 0.6) is 0 Å². The SMILES string of the molecule is NC(c1cnc(C(F)(F)F)s1)c1cccc(F)c1Br. The molecule has 2 nitrogen and oxygen atoms in total. The second-order valence-electron chi connectivity index (χ2n) is 3.69. The number of nitrogens with two attached hydrogens (primary N) is 1. The van der Waals surface area contributed by atoms with Gasteiger partial charge in [-0.15, -0.1) is 11.3 Å². The maximum absolute atomic E-state index is 13.4. The Labute approximate surface area is 118 Å². The topological polar surface area (TPSA) is 38.9 Å². The van der Waals surface area contributed by atoms with Crippen molar-refractivity contribution in [3.05, 3.63) is 50.1 Å². The summed E-state index contributed by atoms with van der Waals surface area (Å²) in [6, 6.07) is 3.36. The fraction of sp³-hybridized carbons (Fsp3) is 0.182. The Morgan fingerprint density at radius 2 is 2.00 bits per heavy atom. The van der Waals surface area contributed by atoms with Crippen LogP contribution in [0.1, 0.15) is 21.5 Å². The first-order valence-electron chi connectivity index (χ1n) is 5.03. The van der Waals surface area contributed by atoms with Gasteiger partial charge in [-0.2, -0.15) is 13.2 Å². The summed E-state index contributed by atoms with van der Waals surface area (Å²) in [5.41, 5.74) is 6.22. The van der Waals surface area contributed by atoms with Gasteiger partial charge in [-0.1, -0.05) is 12.1 Å². The van der Waals surface area contributed by atoms with E-state index in [9.17, 15) is 17.6 Å². The van der Waals surface area contributed by atoms with Gasteiger partial charge >= 0.3 is 6.18 Å². The van der Waals surface area contributed by atoms with E-state index in [1.165, 1.54) is 12.1 Å². The van der Waals surface area contributed by atoms with Crippen LogP contribution in [0.25, 0.3) is 0 Å². The Hall–Kier alpha value is -0.990. The zero-order valence-electron chi connectivity index (χ0n) is 9.21. The summed E-state index contributed by atoms with van der Waals surface area (Å²) < 4.78 is 50.8. The molecule has 2 aromatic rings. The third-order valence-electron chi connectivity index (χ3n) is 2.39. The lowest BCUT2D eigenvalue weighted by Crippen LogP contribution is -2.11. The molecule has 0 saturated heterocycles. The zero-order chi connectivity index (χ0) is 14.2. The molecule has 2 rings (SSSR count). The molecule has 0 radical (unpaired) electrons. The zero-order valence-corrected chi connectivity index (χ0v) is 11.6. The minimum atomic E-state index is -4.50. The van der Waals surface area contributed by atoms with Crippen LogP contribution in [0.3, 0.4) is 0 Å². The molecule has 0 saturated carbocycles. The van der Waals surface area contributed by atoms with Crippen LogP contribution in [0.4, 0.5) is 17.6 Å². The Balaban J connectivity index is 2.37. The second-order valence-corrected chi connectivity index (χ2v) is 5.54. The summed E-state index contributed by atoms with van der Waals surface area (Å²) in [5, 5.41) is -0.967.